The summed E-state index contributed by atoms with van der Waals surface area (Å²) in [5.41, 5.74) is 0.953. The van der Waals surface area contributed by atoms with Gasteiger partial charge in [0.05, 0.1) is 0 Å². The van der Waals surface area contributed by atoms with Crippen LogP contribution in [0.1, 0.15) is 46.0 Å². The largest absolute Gasteiger partial charge is 0.0628 e. The van der Waals surface area contributed by atoms with Crippen LogP contribution in [0.4, 0.5) is 0 Å². The highest BCUT2D eigenvalue weighted by atomic mass is 14.7. The second kappa shape index (κ2) is 1.99. The molecule has 0 aromatic heterocycles. The first-order valence-corrected chi connectivity index (χ1v) is 4.73. The molecule has 1 spiro atoms. The Labute approximate surface area is 64.0 Å². The van der Waals surface area contributed by atoms with E-state index in [0.29, 0.717) is 0 Å². The van der Waals surface area contributed by atoms with Gasteiger partial charge in [-0.05, 0) is 42.9 Å². The zero-order valence-corrected chi connectivity index (χ0v) is 7.19. The van der Waals surface area contributed by atoms with Crippen molar-refractivity contribution in [2.24, 2.45) is 17.3 Å². The molecular weight excluding hydrogens is 120 g/mol. The second-order valence-electron chi connectivity index (χ2n) is 4.73. The van der Waals surface area contributed by atoms with Gasteiger partial charge in [0.15, 0.2) is 0 Å². The lowest BCUT2D eigenvalue weighted by atomic mass is 10.0. The fourth-order valence-corrected chi connectivity index (χ4v) is 2.15. The van der Waals surface area contributed by atoms with Crippen molar-refractivity contribution in [1.82, 2.24) is 0 Å². The van der Waals surface area contributed by atoms with Gasteiger partial charge in [-0.1, -0.05) is 20.3 Å². The van der Waals surface area contributed by atoms with Gasteiger partial charge in [0.2, 0.25) is 0 Å². The SMILES string of the molecule is CC(C)CCC1CC12CC2. The van der Waals surface area contributed by atoms with Gasteiger partial charge in [0.25, 0.3) is 0 Å². The highest BCUT2D eigenvalue weighted by molar-refractivity contribution is 5.11. The quantitative estimate of drug-likeness (QED) is 0.561. The summed E-state index contributed by atoms with van der Waals surface area (Å²) in [5.74, 6) is 2.09. The lowest BCUT2D eigenvalue weighted by Crippen LogP contribution is -1.89. The van der Waals surface area contributed by atoms with Crippen molar-refractivity contribution in [2.75, 3.05) is 0 Å². The second-order valence-corrected chi connectivity index (χ2v) is 4.73. The fourth-order valence-electron chi connectivity index (χ4n) is 2.15. The zero-order valence-electron chi connectivity index (χ0n) is 7.19. The first kappa shape index (κ1) is 6.69. The van der Waals surface area contributed by atoms with E-state index in [9.17, 15) is 0 Å². The molecule has 0 heterocycles. The van der Waals surface area contributed by atoms with E-state index in [-0.39, 0.29) is 0 Å². The van der Waals surface area contributed by atoms with E-state index in [4.69, 9.17) is 0 Å². The van der Waals surface area contributed by atoms with Crippen LogP contribution < -0.4 is 0 Å². The minimum Gasteiger partial charge on any atom is -0.0628 e. The van der Waals surface area contributed by atoms with E-state index in [1.165, 1.54) is 12.8 Å². The average molecular weight is 138 g/mol. The average Bonchev–Trinajstić information content (AvgIpc) is 2.72. The van der Waals surface area contributed by atoms with E-state index in [2.05, 4.69) is 13.8 Å². The normalized spacial score (nSPS) is 33.3. The van der Waals surface area contributed by atoms with Crippen LogP contribution in [0.5, 0.6) is 0 Å². The van der Waals surface area contributed by atoms with Gasteiger partial charge < -0.3 is 0 Å². The summed E-state index contributed by atoms with van der Waals surface area (Å²) in [4.78, 5) is 0. The van der Waals surface area contributed by atoms with Crippen molar-refractivity contribution in [2.45, 2.75) is 46.0 Å². The molecule has 0 heteroatoms. The Morgan fingerprint density at radius 3 is 2.50 bits per heavy atom. The molecule has 0 radical (unpaired) electrons. The van der Waals surface area contributed by atoms with Gasteiger partial charge in [-0.25, -0.2) is 0 Å². The number of rotatable bonds is 3. The summed E-state index contributed by atoms with van der Waals surface area (Å²) in [7, 11) is 0. The van der Waals surface area contributed by atoms with Crippen molar-refractivity contribution in [3.63, 3.8) is 0 Å². The maximum Gasteiger partial charge on any atom is -0.0266 e. The van der Waals surface area contributed by atoms with E-state index >= 15 is 0 Å². The molecule has 0 amide bonds. The molecule has 0 aromatic rings. The lowest BCUT2D eigenvalue weighted by Gasteiger charge is -2.01. The van der Waals surface area contributed by atoms with Gasteiger partial charge in [-0.15, -0.1) is 0 Å². The van der Waals surface area contributed by atoms with Crippen molar-refractivity contribution in [3.05, 3.63) is 0 Å². The van der Waals surface area contributed by atoms with Crippen molar-refractivity contribution in [3.8, 4) is 0 Å². The van der Waals surface area contributed by atoms with E-state index in [1.54, 1.807) is 19.3 Å². The van der Waals surface area contributed by atoms with Gasteiger partial charge in [-0.2, -0.15) is 0 Å². The standard InChI is InChI=1S/C10H18/c1-8(2)3-4-9-7-10(9)5-6-10/h8-9H,3-7H2,1-2H3. The summed E-state index contributed by atoms with van der Waals surface area (Å²) in [6, 6.07) is 0. The summed E-state index contributed by atoms with van der Waals surface area (Å²) >= 11 is 0. The third-order valence-corrected chi connectivity index (χ3v) is 3.34. The monoisotopic (exact) mass is 138 g/mol. The van der Waals surface area contributed by atoms with Crippen LogP contribution in [0.25, 0.3) is 0 Å². The molecule has 2 rings (SSSR count). The van der Waals surface area contributed by atoms with Crippen LogP contribution in [-0.2, 0) is 0 Å². The van der Waals surface area contributed by atoms with Gasteiger partial charge >= 0.3 is 0 Å². The number of hydrogen-bond donors (Lipinski definition) is 0. The third-order valence-electron chi connectivity index (χ3n) is 3.34. The first-order chi connectivity index (χ1) is 4.73. The molecule has 10 heavy (non-hydrogen) atoms. The third kappa shape index (κ3) is 1.09. The minimum absolute atomic E-state index is 0.927. The highest BCUT2D eigenvalue weighted by Gasteiger charge is 2.61. The predicted molar refractivity (Wildman–Crippen MR) is 43.8 cm³/mol. The van der Waals surface area contributed by atoms with Crippen LogP contribution in [0.15, 0.2) is 0 Å². The van der Waals surface area contributed by atoms with Crippen molar-refractivity contribution in [1.29, 1.82) is 0 Å². The summed E-state index contributed by atoms with van der Waals surface area (Å²) < 4.78 is 0. The fraction of sp³-hybridized carbons (Fsp3) is 1.00. The molecule has 0 aliphatic heterocycles. The van der Waals surface area contributed by atoms with E-state index < -0.39 is 0 Å². The zero-order chi connectivity index (χ0) is 7.19. The Balaban J connectivity index is 1.65. The van der Waals surface area contributed by atoms with Crippen LogP contribution in [-0.4, -0.2) is 0 Å². The molecule has 1 atom stereocenters. The summed E-state index contributed by atoms with van der Waals surface area (Å²) in [6.07, 6.45) is 7.70. The molecule has 58 valence electrons. The Kier molecular flexibility index (Phi) is 1.33. The Morgan fingerprint density at radius 1 is 1.40 bits per heavy atom. The highest BCUT2D eigenvalue weighted by Crippen LogP contribution is 2.72. The minimum atomic E-state index is 0.927. The maximum absolute atomic E-state index is 2.34. The molecular formula is C10H18. The van der Waals surface area contributed by atoms with Gasteiger partial charge in [0, 0.05) is 0 Å². The predicted octanol–water partition coefficient (Wildman–Crippen LogP) is 3.22. The van der Waals surface area contributed by atoms with Crippen LogP contribution in [0.3, 0.4) is 0 Å². The maximum atomic E-state index is 2.34. The van der Waals surface area contributed by atoms with Gasteiger partial charge in [-0.3, -0.25) is 0 Å². The molecule has 0 bridgehead atoms. The van der Waals surface area contributed by atoms with E-state index in [0.717, 1.165) is 17.3 Å². The smallest absolute Gasteiger partial charge is 0.0266 e. The molecule has 0 N–H and O–H groups in total. The molecule has 2 aliphatic rings. The molecule has 2 saturated carbocycles. The van der Waals surface area contributed by atoms with Crippen LogP contribution in [0, 0.1) is 17.3 Å². The Bertz CT molecular complexity index is 131. The lowest BCUT2D eigenvalue weighted by molar-refractivity contribution is 0.506. The molecule has 0 saturated heterocycles. The Morgan fingerprint density at radius 2 is 2.10 bits per heavy atom. The van der Waals surface area contributed by atoms with Crippen LogP contribution >= 0.6 is 0 Å². The molecule has 1 unspecified atom stereocenters. The number of hydrogen-bond acceptors (Lipinski definition) is 0. The van der Waals surface area contributed by atoms with Crippen molar-refractivity contribution < 1.29 is 0 Å². The van der Waals surface area contributed by atoms with Crippen molar-refractivity contribution >= 4 is 0 Å². The van der Waals surface area contributed by atoms with E-state index in [1.807, 2.05) is 0 Å². The molecule has 0 nitrogen and oxygen atoms in total. The summed E-state index contributed by atoms with van der Waals surface area (Å²) in [5, 5.41) is 0. The topological polar surface area (TPSA) is 0 Å². The molecule has 2 aliphatic carbocycles. The summed E-state index contributed by atoms with van der Waals surface area (Å²) in [6.45, 7) is 4.67. The van der Waals surface area contributed by atoms with Gasteiger partial charge in [0.1, 0.15) is 0 Å². The first-order valence-electron chi connectivity index (χ1n) is 4.73. The Hall–Kier alpha value is 0. The molecule has 0 aromatic carbocycles. The molecule has 2 fully saturated rings. The van der Waals surface area contributed by atoms with Crippen LogP contribution in [0.2, 0.25) is 0 Å².